The summed E-state index contributed by atoms with van der Waals surface area (Å²) in [7, 11) is 0. The third-order valence-corrected chi connectivity index (χ3v) is 2.35. The Morgan fingerprint density at radius 3 is 2.80 bits per heavy atom. The molecule has 3 rings (SSSR count). The first-order chi connectivity index (χ1) is 7.34. The molecule has 0 saturated heterocycles. The molecule has 0 saturated carbocycles. The second-order valence-corrected chi connectivity index (χ2v) is 3.35. The molecule has 0 spiro atoms. The summed E-state index contributed by atoms with van der Waals surface area (Å²) in [4.78, 5) is 11.5. The molecular formula is C13H7O2. The Bertz CT molecular complexity index is 652. The molecule has 0 aromatic heterocycles. The Hall–Kier alpha value is -2.09. The lowest BCUT2D eigenvalue weighted by atomic mass is 10.1. The summed E-state index contributed by atoms with van der Waals surface area (Å²) >= 11 is 0. The average molecular weight is 195 g/mol. The van der Waals surface area contributed by atoms with Crippen LogP contribution in [0.3, 0.4) is 0 Å². The van der Waals surface area contributed by atoms with Crippen molar-refractivity contribution in [3.63, 3.8) is 0 Å². The van der Waals surface area contributed by atoms with E-state index in [2.05, 4.69) is 6.07 Å². The van der Waals surface area contributed by atoms with E-state index in [4.69, 9.17) is 4.42 Å². The molecule has 2 nitrogen and oxygen atoms in total. The Morgan fingerprint density at radius 1 is 1.00 bits per heavy atom. The van der Waals surface area contributed by atoms with E-state index in [9.17, 15) is 4.79 Å². The number of hydrogen-bond donors (Lipinski definition) is 0. The molecule has 2 heteroatoms. The van der Waals surface area contributed by atoms with E-state index in [1.807, 2.05) is 24.3 Å². The van der Waals surface area contributed by atoms with Gasteiger partial charge < -0.3 is 4.42 Å². The summed E-state index contributed by atoms with van der Waals surface area (Å²) in [6.07, 6.45) is 0. The fourth-order valence-corrected chi connectivity index (χ4v) is 1.63. The smallest absolute Gasteiger partial charge is 0.190 e. The third kappa shape index (κ3) is 1.22. The maximum Gasteiger partial charge on any atom is 0.190 e. The summed E-state index contributed by atoms with van der Waals surface area (Å²) in [5, 5.41) is 0.827. The molecule has 0 amide bonds. The van der Waals surface area contributed by atoms with E-state index in [0.717, 1.165) is 11.0 Å². The van der Waals surface area contributed by atoms with Crippen LogP contribution in [0.4, 0.5) is 0 Å². The minimum absolute atomic E-state index is 0.0537. The monoisotopic (exact) mass is 195 g/mol. The Morgan fingerprint density at radius 2 is 1.87 bits per heavy atom. The van der Waals surface area contributed by atoms with Gasteiger partial charge in [0.05, 0.1) is 5.56 Å². The fourth-order valence-electron chi connectivity index (χ4n) is 1.63. The van der Waals surface area contributed by atoms with Crippen molar-refractivity contribution in [2.45, 2.75) is 0 Å². The molecule has 0 N–H and O–H groups in total. The van der Waals surface area contributed by atoms with Gasteiger partial charge in [0.15, 0.2) is 5.43 Å². The van der Waals surface area contributed by atoms with Crippen LogP contribution in [-0.2, 0) is 0 Å². The van der Waals surface area contributed by atoms with Gasteiger partial charge in [-0.3, -0.25) is 4.79 Å². The lowest BCUT2D eigenvalue weighted by Crippen LogP contribution is -2.02. The SMILES string of the molecule is O=c1cccc2oc3ccccc3[c]c1-2. The molecule has 71 valence electrons. The van der Waals surface area contributed by atoms with Gasteiger partial charge in [0.1, 0.15) is 11.3 Å². The van der Waals surface area contributed by atoms with Gasteiger partial charge in [-0.2, -0.15) is 0 Å². The van der Waals surface area contributed by atoms with Crippen LogP contribution in [0.25, 0.3) is 22.3 Å². The number of rotatable bonds is 0. The Balaban J connectivity index is 2.54. The molecule has 1 aromatic rings. The molecule has 1 aliphatic heterocycles. The molecule has 15 heavy (non-hydrogen) atoms. The van der Waals surface area contributed by atoms with Crippen molar-refractivity contribution in [3.05, 3.63) is 58.8 Å². The van der Waals surface area contributed by atoms with Crippen LogP contribution >= 0.6 is 0 Å². The minimum atomic E-state index is -0.0537. The van der Waals surface area contributed by atoms with Gasteiger partial charge in [-0.25, -0.2) is 0 Å². The van der Waals surface area contributed by atoms with Crippen molar-refractivity contribution in [2.24, 2.45) is 0 Å². The zero-order chi connectivity index (χ0) is 10.3. The summed E-state index contributed by atoms with van der Waals surface area (Å²) in [5.74, 6) is 0.584. The van der Waals surface area contributed by atoms with Crippen LogP contribution in [0.1, 0.15) is 0 Å². The molecule has 0 fully saturated rings. The first-order valence-electron chi connectivity index (χ1n) is 4.68. The van der Waals surface area contributed by atoms with E-state index in [0.29, 0.717) is 11.3 Å². The van der Waals surface area contributed by atoms with Gasteiger partial charge in [0.25, 0.3) is 0 Å². The van der Waals surface area contributed by atoms with Crippen molar-refractivity contribution < 1.29 is 4.42 Å². The van der Waals surface area contributed by atoms with Crippen molar-refractivity contribution in [3.8, 4) is 11.3 Å². The van der Waals surface area contributed by atoms with Crippen LogP contribution < -0.4 is 5.43 Å². The van der Waals surface area contributed by atoms with Crippen molar-refractivity contribution in [2.75, 3.05) is 0 Å². The average Bonchev–Trinajstić information content (AvgIpc) is 2.27. The zero-order valence-electron chi connectivity index (χ0n) is 7.86. The van der Waals surface area contributed by atoms with Gasteiger partial charge in [0, 0.05) is 11.5 Å². The zero-order valence-corrected chi connectivity index (χ0v) is 7.86. The second-order valence-electron chi connectivity index (χ2n) is 3.35. The highest BCUT2D eigenvalue weighted by Gasteiger charge is 2.09. The lowest BCUT2D eigenvalue weighted by Gasteiger charge is -2.04. The minimum Gasteiger partial charge on any atom is -0.456 e. The van der Waals surface area contributed by atoms with Gasteiger partial charge in [-0.05, 0) is 18.2 Å². The number of hydrogen-bond acceptors (Lipinski definition) is 2. The molecular weight excluding hydrogens is 188 g/mol. The standard InChI is InChI=1S/C13H7O2/c14-11-5-3-7-13-10(11)8-9-4-1-2-6-12(9)15-13/h1-7H. The number of benzene rings is 2. The molecule has 1 heterocycles. The molecule has 1 aliphatic carbocycles. The maximum absolute atomic E-state index is 11.5. The van der Waals surface area contributed by atoms with E-state index >= 15 is 0 Å². The molecule has 0 atom stereocenters. The van der Waals surface area contributed by atoms with Gasteiger partial charge in [0.2, 0.25) is 0 Å². The number of para-hydroxylation sites is 1. The Kier molecular flexibility index (Phi) is 1.62. The van der Waals surface area contributed by atoms with Gasteiger partial charge in [-0.15, -0.1) is 0 Å². The molecule has 1 aromatic carbocycles. The van der Waals surface area contributed by atoms with Crippen molar-refractivity contribution in [1.29, 1.82) is 0 Å². The van der Waals surface area contributed by atoms with E-state index < -0.39 is 0 Å². The van der Waals surface area contributed by atoms with Crippen molar-refractivity contribution in [1.82, 2.24) is 0 Å². The molecule has 1 radical (unpaired) electrons. The van der Waals surface area contributed by atoms with Crippen LogP contribution in [-0.4, -0.2) is 0 Å². The quantitative estimate of drug-likeness (QED) is 0.516. The predicted octanol–water partition coefficient (Wildman–Crippen LogP) is 2.70. The molecule has 2 aliphatic rings. The first kappa shape index (κ1) is 8.24. The summed E-state index contributed by atoms with van der Waals surface area (Å²) < 4.78 is 5.60. The normalized spacial score (nSPS) is 10.9. The highest BCUT2D eigenvalue weighted by atomic mass is 16.3. The largest absolute Gasteiger partial charge is 0.456 e. The topological polar surface area (TPSA) is 30.2 Å². The van der Waals surface area contributed by atoms with Crippen LogP contribution in [0.2, 0.25) is 0 Å². The van der Waals surface area contributed by atoms with Gasteiger partial charge >= 0.3 is 0 Å². The summed E-state index contributed by atoms with van der Waals surface area (Å²) in [6.45, 7) is 0. The van der Waals surface area contributed by atoms with Crippen LogP contribution in [0, 0.1) is 6.07 Å². The van der Waals surface area contributed by atoms with E-state index in [-0.39, 0.29) is 5.43 Å². The summed E-state index contributed by atoms with van der Waals surface area (Å²) in [5.41, 5.74) is 1.20. The number of fused-ring (bicyclic) bond motifs is 2. The lowest BCUT2D eigenvalue weighted by molar-refractivity contribution is 0.618. The highest BCUT2D eigenvalue weighted by Crippen LogP contribution is 2.24. The fraction of sp³-hybridized carbons (Fsp3) is 0. The summed E-state index contributed by atoms with van der Waals surface area (Å²) in [6, 6.07) is 15.6. The van der Waals surface area contributed by atoms with Crippen molar-refractivity contribution >= 4 is 11.0 Å². The van der Waals surface area contributed by atoms with Crippen LogP contribution in [0.15, 0.2) is 51.7 Å². The second kappa shape index (κ2) is 2.95. The van der Waals surface area contributed by atoms with Gasteiger partial charge in [-0.1, -0.05) is 24.3 Å². The molecule has 0 bridgehead atoms. The first-order valence-corrected chi connectivity index (χ1v) is 4.68. The predicted molar refractivity (Wildman–Crippen MR) is 57.9 cm³/mol. The Labute approximate surface area is 86.1 Å². The third-order valence-electron chi connectivity index (χ3n) is 2.35. The van der Waals surface area contributed by atoms with E-state index in [1.165, 1.54) is 6.07 Å². The van der Waals surface area contributed by atoms with Crippen LogP contribution in [0.5, 0.6) is 0 Å². The molecule has 0 unspecified atom stereocenters. The maximum atomic E-state index is 11.5. The van der Waals surface area contributed by atoms with E-state index in [1.54, 1.807) is 12.1 Å². The highest BCUT2D eigenvalue weighted by molar-refractivity contribution is 5.81.